The molecule has 0 aliphatic heterocycles. The van der Waals surface area contributed by atoms with Gasteiger partial charge in [0.15, 0.2) is 0 Å². The molecular weight excluding hydrogens is 222 g/mol. The molecule has 6 heteroatoms. The van der Waals surface area contributed by atoms with Crippen LogP contribution in [0.4, 0.5) is 0 Å². The summed E-state index contributed by atoms with van der Waals surface area (Å²) in [4.78, 5) is 23.1. The highest BCUT2D eigenvalue weighted by atomic mass is 16.3. The van der Waals surface area contributed by atoms with E-state index in [1.54, 1.807) is 6.92 Å². The maximum atomic E-state index is 11.6. The molecule has 0 aromatic carbocycles. The lowest BCUT2D eigenvalue weighted by Crippen LogP contribution is -2.45. The van der Waals surface area contributed by atoms with Crippen molar-refractivity contribution in [3.63, 3.8) is 0 Å². The molecule has 0 saturated heterocycles. The molecular formula is C11H17N3O3. The van der Waals surface area contributed by atoms with Crippen LogP contribution in [0.25, 0.3) is 0 Å². The Morgan fingerprint density at radius 2 is 2.29 bits per heavy atom. The summed E-state index contributed by atoms with van der Waals surface area (Å²) in [6.45, 7) is 2.66. The molecule has 0 spiro atoms. The lowest BCUT2D eigenvalue weighted by molar-refractivity contribution is -0.122. The van der Waals surface area contributed by atoms with E-state index in [1.165, 1.54) is 18.6 Å². The van der Waals surface area contributed by atoms with Crippen molar-refractivity contribution in [1.82, 2.24) is 10.6 Å². The number of carbonyl (C=O) groups is 2. The maximum Gasteiger partial charge on any atom is 0.255 e. The van der Waals surface area contributed by atoms with Gasteiger partial charge in [-0.1, -0.05) is 0 Å². The second kappa shape index (κ2) is 6.70. The molecule has 1 aromatic rings. The molecule has 0 bridgehead atoms. The molecule has 0 saturated carbocycles. The van der Waals surface area contributed by atoms with E-state index in [0.717, 1.165) is 0 Å². The van der Waals surface area contributed by atoms with Crippen molar-refractivity contribution in [2.75, 3.05) is 13.1 Å². The second-order valence-electron chi connectivity index (χ2n) is 3.64. The Balaban J connectivity index is 2.35. The van der Waals surface area contributed by atoms with Gasteiger partial charge in [0.25, 0.3) is 5.91 Å². The fraction of sp³-hybridized carbons (Fsp3) is 0.455. The number of furan rings is 1. The fourth-order valence-corrected chi connectivity index (χ4v) is 1.21. The summed E-state index contributed by atoms with van der Waals surface area (Å²) in [5, 5.41) is 5.24. The van der Waals surface area contributed by atoms with Gasteiger partial charge in [0.2, 0.25) is 5.91 Å². The summed E-state index contributed by atoms with van der Waals surface area (Å²) in [7, 11) is 0. The van der Waals surface area contributed by atoms with Gasteiger partial charge in [-0.2, -0.15) is 0 Å². The normalized spacial score (nSPS) is 11.9. The molecule has 17 heavy (non-hydrogen) atoms. The first kappa shape index (κ1) is 13.2. The number of carbonyl (C=O) groups excluding carboxylic acids is 2. The van der Waals surface area contributed by atoms with Crippen LogP contribution in [-0.4, -0.2) is 30.9 Å². The molecule has 1 aromatic heterocycles. The molecule has 0 radical (unpaired) electrons. The first-order chi connectivity index (χ1) is 8.15. The van der Waals surface area contributed by atoms with Crippen molar-refractivity contribution in [3.05, 3.63) is 24.2 Å². The predicted octanol–water partition coefficient (Wildman–Crippen LogP) is -0.137. The lowest BCUT2D eigenvalue weighted by Gasteiger charge is -2.13. The van der Waals surface area contributed by atoms with Gasteiger partial charge in [-0.05, 0) is 26.0 Å². The Morgan fingerprint density at radius 3 is 2.88 bits per heavy atom. The van der Waals surface area contributed by atoms with Crippen LogP contribution in [-0.2, 0) is 4.79 Å². The highest BCUT2D eigenvalue weighted by Gasteiger charge is 2.16. The maximum absolute atomic E-state index is 11.6. The number of nitrogens with one attached hydrogen (secondary N) is 2. The topological polar surface area (TPSA) is 97.4 Å². The summed E-state index contributed by atoms with van der Waals surface area (Å²) in [6.07, 6.45) is 3.45. The Bertz CT molecular complexity index is 362. The quantitative estimate of drug-likeness (QED) is 0.602. The smallest absolute Gasteiger partial charge is 0.255 e. The lowest BCUT2D eigenvalue weighted by atomic mass is 10.2. The minimum Gasteiger partial charge on any atom is -0.472 e. The molecule has 1 heterocycles. The van der Waals surface area contributed by atoms with Crippen LogP contribution in [0.2, 0.25) is 0 Å². The van der Waals surface area contributed by atoms with Gasteiger partial charge in [-0.25, -0.2) is 0 Å². The van der Waals surface area contributed by atoms with Gasteiger partial charge >= 0.3 is 0 Å². The van der Waals surface area contributed by atoms with Gasteiger partial charge in [0.05, 0.1) is 11.8 Å². The number of hydrogen-bond acceptors (Lipinski definition) is 4. The van der Waals surface area contributed by atoms with Crippen molar-refractivity contribution in [2.45, 2.75) is 19.4 Å². The average Bonchev–Trinajstić information content (AvgIpc) is 2.82. The molecule has 1 unspecified atom stereocenters. The van der Waals surface area contributed by atoms with E-state index >= 15 is 0 Å². The van der Waals surface area contributed by atoms with E-state index in [0.29, 0.717) is 25.1 Å². The third-order valence-electron chi connectivity index (χ3n) is 2.20. The molecule has 0 aliphatic rings. The van der Waals surface area contributed by atoms with Crippen LogP contribution in [0, 0.1) is 0 Å². The molecule has 1 rings (SSSR count). The largest absolute Gasteiger partial charge is 0.472 e. The summed E-state index contributed by atoms with van der Waals surface area (Å²) in [5.74, 6) is -0.560. The Morgan fingerprint density at radius 1 is 1.53 bits per heavy atom. The monoisotopic (exact) mass is 239 g/mol. The Hall–Kier alpha value is -1.82. The first-order valence-corrected chi connectivity index (χ1v) is 5.46. The number of rotatable bonds is 6. The van der Waals surface area contributed by atoms with Gasteiger partial charge < -0.3 is 20.8 Å². The van der Waals surface area contributed by atoms with Crippen LogP contribution in [0.15, 0.2) is 23.0 Å². The standard InChI is InChI=1S/C11H17N3O3/c1-8(10(15)13-5-2-4-12)14-11(16)9-3-6-17-7-9/h3,6-8H,2,4-5,12H2,1H3,(H,13,15)(H,14,16). The Labute approximate surface area is 99.5 Å². The van der Waals surface area contributed by atoms with Gasteiger partial charge in [-0.15, -0.1) is 0 Å². The van der Waals surface area contributed by atoms with E-state index in [2.05, 4.69) is 10.6 Å². The van der Waals surface area contributed by atoms with Crippen molar-refractivity contribution in [1.29, 1.82) is 0 Å². The third kappa shape index (κ3) is 4.28. The third-order valence-corrected chi connectivity index (χ3v) is 2.20. The second-order valence-corrected chi connectivity index (χ2v) is 3.64. The van der Waals surface area contributed by atoms with Gasteiger partial charge in [-0.3, -0.25) is 9.59 Å². The summed E-state index contributed by atoms with van der Waals surface area (Å²) >= 11 is 0. The number of hydrogen-bond donors (Lipinski definition) is 3. The minimum absolute atomic E-state index is 0.227. The van der Waals surface area contributed by atoms with Crippen molar-refractivity contribution in [2.24, 2.45) is 5.73 Å². The van der Waals surface area contributed by atoms with Crippen molar-refractivity contribution < 1.29 is 14.0 Å². The number of amides is 2. The van der Waals surface area contributed by atoms with E-state index in [-0.39, 0.29) is 11.8 Å². The van der Waals surface area contributed by atoms with Crippen LogP contribution in [0.1, 0.15) is 23.7 Å². The molecule has 0 fully saturated rings. The first-order valence-electron chi connectivity index (χ1n) is 5.46. The molecule has 2 amide bonds. The molecule has 6 nitrogen and oxygen atoms in total. The number of nitrogens with two attached hydrogens (primary N) is 1. The molecule has 1 atom stereocenters. The van der Waals surface area contributed by atoms with Gasteiger partial charge in [0.1, 0.15) is 12.3 Å². The van der Waals surface area contributed by atoms with Crippen molar-refractivity contribution >= 4 is 11.8 Å². The van der Waals surface area contributed by atoms with Crippen LogP contribution < -0.4 is 16.4 Å². The summed E-state index contributed by atoms with van der Waals surface area (Å²) < 4.78 is 4.78. The van der Waals surface area contributed by atoms with Gasteiger partial charge in [0, 0.05) is 6.54 Å². The summed E-state index contributed by atoms with van der Waals surface area (Å²) in [5.41, 5.74) is 5.70. The van der Waals surface area contributed by atoms with Crippen LogP contribution in [0.3, 0.4) is 0 Å². The zero-order valence-electron chi connectivity index (χ0n) is 9.73. The zero-order chi connectivity index (χ0) is 12.7. The highest BCUT2D eigenvalue weighted by molar-refractivity contribution is 5.97. The summed E-state index contributed by atoms with van der Waals surface area (Å²) in [6, 6.07) is 0.948. The van der Waals surface area contributed by atoms with Crippen molar-refractivity contribution in [3.8, 4) is 0 Å². The minimum atomic E-state index is -0.588. The zero-order valence-corrected chi connectivity index (χ0v) is 9.73. The van der Waals surface area contributed by atoms with Crippen LogP contribution >= 0.6 is 0 Å². The molecule has 94 valence electrons. The van der Waals surface area contributed by atoms with Crippen LogP contribution in [0.5, 0.6) is 0 Å². The molecule has 0 aliphatic carbocycles. The molecule has 4 N–H and O–H groups in total. The van der Waals surface area contributed by atoms with E-state index in [4.69, 9.17) is 10.2 Å². The highest BCUT2D eigenvalue weighted by Crippen LogP contribution is 1.99. The van der Waals surface area contributed by atoms with E-state index < -0.39 is 6.04 Å². The fourth-order valence-electron chi connectivity index (χ4n) is 1.21. The van der Waals surface area contributed by atoms with E-state index in [9.17, 15) is 9.59 Å². The SMILES string of the molecule is CC(NC(=O)c1ccoc1)C(=O)NCCCN. The van der Waals surface area contributed by atoms with E-state index in [1.807, 2.05) is 0 Å². The predicted molar refractivity (Wildman–Crippen MR) is 62.3 cm³/mol. The average molecular weight is 239 g/mol. The Kier molecular flexibility index (Phi) is 5.22.